The summed E-state index contributed by atoms with van der Waals surface area (Å²) in [6, 6.07) is 7.52. The molecule has 20 nitrogen and oxygen atoms in total. The fourth-order valence-electron chi connectivity index (χ4n) is 11.4. The number of ether oxygens (including phenoxy) is 5. The highest BCUT2D eigenvalue weighted by atomic mass is 16.7. The minimum atomic E-state index is -1.16. The molecule has 7 amide bonds. The van der Waals surface area contributed by atoms with Crippen LogP contribution in [-0.4, -0.2) is 209 Å². The van der Waals surface area contributed by atoms with Gasteiger partial charge in [0.2, 0.25) is 23.6 Å². The third-order valence-electron chi connectivity index (χ3n) is 15.7. The number of methoxy groups -OCH3 is 2. The van der Waals surface area contributed by atoms with Crippen LogP contribution in [0.3, 0.4) is 0 Å². The van der Waals surface area contributed by atoms with Crippen LogP contribution in [0.25, 0.3) is 0 Å². The van der Waals surface area contributed by atoms with E-state index in [0.717, 1.165) is 29.7 Å². The third kappa shape index (κ3) is 16.0. The zero-order valence-corrected chi connectivity index (χ0v) is 47.2. The van der Waals surface area contributed by atoms with Gasteiger partial charge in [0.15, 0.2) is 0 Å². The molecule has 0 radical (unpaired) electrons. The van der Waals surface area contributed by atoms with Gasteiger partial charge in [-0.1, -0.05) is 85.2 Å². The van der Waals surface area contributed by atoms with Crippen LogP contribution in [-0.2, 0) is 62.1 Å². The molecule has 3 aliphatic heterocycles. The molecule has 0 spiro atoms. The highest BCUT2D eigenvalue weighted by molar-refractivity contribution is 6.12. The molecular formula is C56H89N7O13. The highest BCUT2D eigenvalue weighted by Gasteiger charge is 2.64. The maximum atomic E-state index is 14.6. The Labute approximate surface area is 451 Å². The summed E-state index contributed by atoms with van der Waals surface area (Å²) >= 11 is 0. The molecule has 426 valence electrons. The van der Waals surface area contributed by atoms with Crippen molar-refractivity contribution >= 4 is 41.4 Å². The van der Waals surface area contributed by atoms with Gasteiger partial charge in [-0.25, -0.2) is 5.06 Å². The second kappa shape index (κ2) is 29.9. The van der Waals surface area contributed by atoms with Gasteiger partial charge in [-0.3, -0.25) is 58.4 Å². The van der Waals surface area contributed by atoms with E-state index < -0.39 is 59.6 Å². The first-order valence-electron chi connectivity index (χ1n) is 27.5. The minimum absolute atomic E-state index is 0.00901. The van der Waals surface area contributed by atoms with Crippen LogP contribution in [0.5, 0.6) is 0 Å². The van der Waals surface area contributed by atoms with Gasteiger partial charge in [-0.15, -0.1) is 0 Å². The number of carbonyl (C=O) groups is 7. The molecule has 20 heteroatoms. The number of rotatable bonds is 32. The third-order valence-corrected chi connectivity index (χ3v) is 15.7. The summed E-state index contributed by atoms with van der Waals surface area (Å²) in [6.07, 6.45) is 5.38. The lowest BCUT2D eigenvalue weighted by molar-refractivity contribution is -0.200. The molecule has 2 N–H and O–H groups in total. The van der Waals surface area contributed by atoms with E-state index in [1.807, 2.05) is 86.8 Å². The molecule has 1 aromatic rings. The Morgan fingerprint density at radius 1 is 0.776 bits per heavy atom. The molecule has 0 aromatic heterocycles. The van der Waals surface area contributed by atoms with Gasteiger partial charge in [-0.05, 0) is 69.5 Å². The predicted octanol–water partition coefficient (Wildman–Crippen LogP) is 3.58. The van der Waals surface area contributed by atoms with Crippen LogP contribution >= 0.6 is 0 Å². The molecule has 76 heavy (non-hydrogen) atoms. The fourth-order valence-corrected chi connectivity index (χ4v) is 11.4. The maximum Gasteiger partial charge on any atom is 0.272 e. The maximum absolute atomic E-state index is 14.6. The van der Waals surface area contributed by atoms with Crippen molar-refractivity contribution in [2.75, 3.05) is 101 Å². The number of nitrogens with one attached hydrogen (secondary N) is 2. The predicted molar refractivity (Wildman–Crippen MR) is 284 cm³/mol. The van der Waals surface area contributed by atoms with Crippen LogP contribution in [0, 0.1) is 23.7 Å². The summed E-state index contributed by atoms with van der Waals surface area (Å²) in [4.78, 5) is 107. The second-order valence-electron chi connectivity index (χ2n) is 21.6. The van der Waals surface area contributed by atoms with E-state index in [2.05, 4.69) is 24.5 Å². The number of amides is 7. The monoisotopic (exact) mass is 1070 g/mol. The Morgan fingerprint density at radius 3 is 1.97 bits per heavy atom. The van der Waals surface area contributed by atoms with Gasteiger partial charge in [0.1, 0.15) is 5.54 Å². The van der Waals surface area contributed by atoms with Crippen LogP contribution in [0.15, 0.2) is 42.5 Å². The lowest BCUT2D eigenvalue weighted by Crippen LogP contribution is -2.60. The smallest absolute Gasteiger partial charge is 0.272 e. The largest absolute Gasteiger partial charge is 0.379 e. The molecule has 1 aliphatic carbocycles. The zero-order valence-electron chi connectivity index (χ0n) is 47.2. The van der Waals surface area contributed by atoms with E-state index in [-0.39, 0.29) is 72.8 Å². The van der Waals surface area contributed by atoms with Gasteiger partial charge in [0.05, 0.1) is 95.5 Å². The van der Waals surface area contributed by atoms with Crippen molar-refractivity contribution in [2.45, 2.75) is 141 Å². The highest BCUT2D eigenvalue weighted by Crippen LogP contribution is 2.53. The van der Waals surface area contributed by atoms with E-state index >= 15 is 0 Å². The molecule has 0 bridgehead atoms. The van der Waals surface area contributed by atoms with Crippen LogP contribution < -0.4 is 10.6 Å². The summed E-state index contributed by atoms with van der Waals surface area (Å²) < 4.78 is 29.1. The number of hydroxylamine groups is 2. The van der Waals surface area contributed by atoms with E-state index in [4.69, 9.17) is 28.5 Å². The van der Waals surface area contributed by atoms with Crippen molar-refractivity contribution in [2.24, 2.45) is 23.7 Å². The molecular weight excluding hydrogens is 979 g/mol. The van der Waals surface area contributed by atoms with Crippen LogP contribution in [0.2, 0.25) is 0 Å². The van der Waals surface area contributed by atoms with Crippen molar-refractivity contribution in [1.29, 1.82) is 0 Å². The molecule has 1 aromatic carbocycles. The van der Waals surface area contributed by atoms with Crippen LogP contribution in [0.1, 0.15) is 105 Å². The number of likely N-dealkylation sites (N-methyl/N-ethyl adjacent to an activating group) is 2. The van der Waals surface area contributed by atoms with Gasteiger partial charge >= 0.3 is 0 Å². The number of nitrogens with zero attached hydrogens (tertiary/aromatic N) is 5. The Hall–Kier alpha value is -4.67. The first-order chi connectivity index (χ1) is 36.3. The van der Waals surface area contributed by atoms with Gasteiger partial charge in [0.25, 0.3) is 17.7 Å². The normalized spacial score (nSPS) is 22.5. The molecule has 4 aliphatic rings. The average molecular weight is 1070 g/mol. The molecule has 0 unspecified atom stereocenters. The molecule has 3 heterocycles. The Morgan fingerprint density at radius 2 is 1.39 bits per heavy atom. The first-order valence-corrected chi connectivity index (χ1v) is 27.5. The van der Waals surface area contributed by atoms with E-state index in [1.54, 1.807) is 21.1 Å². The summed E-state index contributed by atoms with van der Waals surface area (Å²) in [5.74, 6) is -3.60. The van der Waals surface area contributed by atoms with Gasteiger partial charge in [0, 0.05) is 58.0 Å². The first kappa shape index (κ1) is 62.2. The lowest BCUT2D eigenvalue weighted by Gasteiger charge is -2.43. The van der Waals surface area contributed by atoms with E-state index in [9.17, 15) is 33.6 Å². The zero-order chi connectivity index (χ0) is 55.7. The molecule has 5 rings (SSSR count). The Kier molecular flexibility index (Phi) is 24.5. The van der Waals surface area contributed by atoms with Gasteiger partial charge in [-0.2, -0.15) is 0 Å². The Bertz CT molecular complexity index is 2090. The van der Waals surface area contributed by atoms with Crippen molar-refractivity contribution in [1.82, 2.24) is 35.3 Å². The van der Waals surface area contributed by atoms with E-state index in [0.29, 0.717) is 78.5 Å². The number of hydrogen-bond acceptors (Lipinski definition) is 15. The molecule has 2 saturated heterocycles. The number of carbonyl (C=O) groups excluding carboxylic acids is 7. The number of imide groups is 2. The van der Waals surface area contributed by atoms with Crippen molar-refractivity contribution in [3.05, 3.63) is 48.0 Å². The molecule has 3 fully saturated rings. The number of likely N-dealkylation sites (tertiary alicyclic amines) is 1. The lowest BCUT2D eigenvalue weighted by atomic mass is 9.87. The van der Waals surface area contributed by atoms with Gasteiger partial charge < -0.3 is 33.9 Å². The minimum Gasteiger partial charge on any atom is -0.379 e. The topological polar surface area (TPSA) is 215 Å². The fraction of sp³-hybridized carbons (Fsp3) is 0.732. The quantitative estimate of drug-likeness (QED) is 0.0780. The van der Waals surface area contributed by atoms with Crippen molar-refractivity contribution < 1.29 is 62.1 Å². The average Bonchev–Trinajstić information content (AvgIpc) is 3.74. The van der Waals surface area contributed by atoms with E-state index in [1.165, 1.54) is 17.2 Å². The summed E-state index contributed by atoms with van der Waals surface area (Å²) in [6.45, 7) is 17.4. The SMILES string of the molecule is CC[C@H](C)[C@@H]([C@@H](CC(=O)N1CCC[C@H]1[C@H](OC)[C@@H](C)C(=O)N[C@@]1(C(=O)N2CCCCO2)C[C@@H]1c1ccccc1)OC)N(C)[C@H](C(=O)NC(=O)[C@H](C(C)C)N(C)CCOCCOCCOCCN1C(=O)C=CC1=O)C(C)C. The van der Waals surface area contributed by atoms with Crippen LogP contribution in [0.4, 0.5) is 0 Å². The summed E-state index contributed by atoms with van der Waals surface area (Å²) in [7, 11) is 6.82. The summed E-state index contributed by atoms with van der Waals surface area (Å²) in [5.41, 5.74) is -0.192. The molecule has 10 atom stereocenters. The Balaban J connectivity index is 1.16. The van der Waals surface area contributed by atoms with Crippen molar-refractivity contribution in [3.63, 3.8) is 0 Å². The number of hydrogen-bond donors (Lipinski definition) is 2. The second-order valence-corrected chi connectivity index (χ2v) is 21.6. The summed E-state index contributed by atoms with van der Waals surface area (Å²) in [5, 5.41) is 7.33. The molecule has 1 saturated carbocycles. The number of benzene rings is 1. The standard InChI is InChI=1S/C56H89N7O13/c1-12-39(6)50(60(9)49(38(4)5)54(69)57-53(68)48(37(2)3)59(8)26-29-73-31-33-75-34-32-74-30-27-62-45(64)22-23-46(62)65)44(71-10)35-47(66)61-24-18-21-43(61)51(72-11)40(7)52(67)58-56(55(70)63-25-16-17-28-76-63)36-42(56)41-19-14-13-15-20-41/h13-15,19-20,22-23,37-40,42-44,48-51H,12,16-18,21,24-36H2,1-11H3,(H,58,67)(H,57,68,69)/t39-,40+,42+,43-,44+,48-,49-,50-,51+,56-/m0/s1. The van der Waals surface area contributed by atoms with Crippen molar-refractivity contribution in [3.8, 4) is 0 Å².